The van der Waals surface area contributed by atoms with Crippen LogP contribution in [0.4, 0.5) is 0 Å². The molecule has 0 bridgehead atoms. The van der Waals surface area contributed by atoms with Gasteiger partial charge in [-0.3, -0.25) is 14.7 Å². The van der Waals surface area contributed by atoms with E-state index in [-0.39, 0.29) is 16.5 Å². The van der Waals surface area contributed by atoms with Crippen LogP contribution in [-0.4, -0.2) is 52.8 Å². The topological polar surface area (TPSA) is 114 Å². The molecule has 0 aliphatic carbocycles. The molecular weight excluding hydrogens is 368 g/mol. The second-order valence-corrected chi connectivity index (χ2v) is 5.92. The lowest BCUT2D eigenvalue weighted by Crippen LogP contribution is -2.44. The van der Waals surface area contributed by atoms with Crippen molar-refractivity contribution in [3.8, 4) is 0 Å². The molecule has 2 heterocycles. The van der Waals surface area contributed by atoms with Crippen molar-refractivity contribution in [1.29, 1.82) is 0 Å². The van der Waals surface area contributed by atoms with Crippen molar-refractivity contribution in [2.75, 3.05) is 21.3 Å². The molecule has 1 aliphatic rings. The van der Waals surface area contributed by atoms with E-state index in [1.807, 2.05) is 0 Å². The molecule has 3 rings (SSSR count). The number of methoxy groups -OCH3 is 2. The van der Waals surface area contributed by atoms with Crippen LogP contribution in [0.15, 0.2) is 58.0 Å². The Kier molecular flexibility index (Phi) is 5.03. The molecular formula is C18H18N4O6. The third-order valence-corrected chi connectivity index (χ3v) is 4.28. The van der Waals surface area contributed by atoms with E-state index in [1.54, 1.807) is 42.4 Å². The number of H-pyrrole nitrogens is 1. The molecule has 10 nitrogen and oxygen atoms in total. The number of nitrogens with zero attached hydrogens (tertiary/aromatic N) is 3. The van der Waals surface area contributed by atoms with E-state index in [0.717, 1.165) is 17.9 Å². The van der Waals surface area contributed by atoms with Crippen LogP contribution in [0.25, 0.3) is 10.8 Å². The van der Waals surface area contributed by atoms with Crippen molar-refractivity contribution in [2.24, 2.45) is 0 Å². The minimum atomic E-state index is -0.945. The van der Waals surface area contributed by atoms with Crippen LogP contribution in [0.5, 0.6) is 0 Å². The molecule has 1 aromatic heterocycles. The van der Waals surface area contributed by atoms with Crippen LogP contribution in [0.1, 0.15) is 6.29 Å². The van der Waals surface area contributed by atoms with Crippen LogP contribution in [0, 0.1) is 0 Å². The van der Waals surface area contributed by atoms with Gasteiger partial charge in [-0.2, -0.15) is 0 Å². The van der Waals surface area contributed by atoms with Gasteiger partial charge in [0.2, 0.25) is 6.29 Å². The van der Waals surface area contributed by atoms with Crippen LogP contribution in [0.3, 0.4) is 0 Å². The number of carbonyl (C=O) groups excluding carboxylic acids is 2. The maximum absolute atomic E-state index is 13.0. The van der Waals surface area contributed by atoms with E-state index in [9.17, 15) is 19.2 Å². The molecule has 1 atom stereocenters. The van der Waals surface area contributed by atoms with Crippen LogP contribution >= 0.6 is 0 Å². The van der Waals surface area contributed by atoms with E-state index < -0.39 is 29.3 Å². The number of fused-ring (bicyclic) bond motifs is 1. The minimum absolute atomic E-state index is 0.166. The normalized spacial score (nSPS) is 16.5. The number of benzene rings is 1. The van der Waals surface area contributed by atoms with Crippen molar-refractivity contribution in [3.05, 3.63) is 69.1 Å². The Hall–Kier alpha value is -3.82. The minimum Gasteiger partial charge on any atom is -0.466 e. The average Bonchev–Trinajstić information content (AvgIpc) is 3.09. The Morgan fingerprint density at radius 1 is 1.07 bits per heavy atom. The van der Waals surface area contributed by atoms with Crippen molar-refractivity contribution >= 4 is 22.7 Å². The number of rotatable bonds is 4. The summed E-state index contributed by atoms with van der Waals surface area (Å²) in [5.74, 6) is -1.59. The van der Waals surface area contributed by atoms with Crippen molar-refractivity contribution in [2.45, 2.75) is 6.29 Å². The number of aromatic amines is 1. The first-order chi connectivity index (χ1) is 13.4. The highest BCUT2D eigenvalue weighted by Gasteiger charge is 2.33. The standard InChI is InChI=1S/C18H18N4O6/c1-20-8-9-21(13(17(26)28-3)10-14(23)27-2)18(20)22-16(25)12-7-5-4-6-11(12)15(24)19-22/h4-10,18H,1-3H3,(H,19,24)/b13-10+. The summed E-state index contributed by atoms with van der Waals surface area (Å²) in [6.45, 7) is 0. The molecule has 10 heteroatoms. The fourth-order valence-electron chi connectivity index (χ4n) is 2.93. The molecule has 0 saturated carbocycles. The zero-order valence-electron chi connectivity index (χ0n) is 15.4. The van der Waals surface area contributed by atoms with Gasteiger partial charge in [-0.05, 0) is 12.1 Å². The molecule has 0 fully saturated rings. The summed E-state index contributed by atoms with van der Waals surface area (Å²) in [7, 11) is 3.98. The molecule has 0 amide bonds. The Labute approximate surface area is 158 Å². The summed E-state index contributed by atoms with van der Waals surface area (Å²) >= 11 is 0. The number of hydrogen-bond donors (Lipinski definition) is 1. The molecule has 146 valence electrons. The lowest BCUT2D eigenvalue weighted by molar-refractivity contribution is -0.140. The zero-order chi connectivity index (χ0) is 20.4. The maximum Gasteiger partial charge on any atom is 0.355 e. The number of aromatic nitrogens is 2. The predicted molar refractivity (Wildman–Crippen MR) is 98.7 cm³/mol. The maximum atomic E-state index is 13.0. The van der Waals surface area contributed by atoms with Gasteiger partial charge < -0.3 is 19.3 Å². The summed E-state index contributed by atoms with van der Waals surface area (Å²) < 4.78 is 10.4. The molecule has 1 aromatic carbocycles. The summed E-state index contributed by atoms with van der Waals surface area (Å²) in [6, 6.07) is 6.40. The first kappa shape index (κ1) is 19.0. The van der Waals surface area contributed by atoms with Gasteiger partial charge in [-0.15, -0.1) is 0 Å². The SMILES string of the molecule is COC(=O)/C=C(\C(=O)OC)N1C=CN(C)C1n1[nH]c(=O)c2ccccc2c1=O. The highest BCUT2D eigenvalue weighted by atomic mass is 16.5. The van der Waals surface area contributed by atoms with E-state index >= 15 is 0 Å². The highest BCUT2D eigenvalue weighted by molar-refractivity contribution is 5.96. The molecule has 0 radical (unpaired) electrons. The van der Waals surface area contributed by atoms with Crippen LogP contribution < -0.4 is 11.1 Å². The first-order valence-electron chi connectivity index (χ1n) is 8.19. The molecule has 1 unspecified atom stereocenters. The smallest absolute Gasteiger partial charge is 0.355 e. The third-order valence-electron chi connectivity index (χ3n) is 4.28. The summed E-state index contributed by atoms with van der Waals surface area (Å²) in [4.78, 5) is 52.3. The Morgan fingerprint density at radius 2 is 1.75 bits per heavy atom. The number of esters is 2. The number of hydrogen-bond acceptors (Lipinski definition) is 8. The first-order valence-corrected chi connectivity index (χ1v) is 8.19. The molecule has 28 heavy (non-hydrogen) atoms. The lowest BCUT2D eigenvalue weighted by atomic mass is 10.2. The average molecular weight is 386 g/mol. The summed E-state index contributed by atoms with van der Waals surface area (Å²) in [6.07, 6.45) is 3.07. The monoisotopic (exact) mass is 386 g/mol. The van der Waals surface area contributed by atoms with Crippen LogP contribution in [0.2, 0.25) is 0 Å². The summed E-state index contributed by atoms with van der Waals surface area (Å²) in [5, 5.41) is 3.01. The zero-order valence-corrected chi connectivity index (χ0v) is 15.4. The summed E-state index contributed by atoms with van der Waals surface area (Å²) in [5.41, 5.74) is -1.10. The van der Waals surface area contributed by atoms with Gasteiger partial charge in [0.05, 0.1) is 31.1 Å². The largest absolute Gasteiger partial charge is 0.466 e. The third kappa shape index (κ3) is 3.15. The Bertz CT molecular complexity index is 1110. The second kappa shape index (κ2) is 7.43. The van der Waals surface area contributed by atoms with Gasteiger partial charge in [-0.1, -0.05) is 12.1 Å². The predicted octanol–water partition coefficient (Wildman–Crippen LogP) is 0.0944. The Morgan fingerprint density at radius 3 is 2.39 bits per heavy atom. The van der Waals surface area contributed by atoms with Gasteiger partial charge in [0, 0.05) is 19.4 Å². The van der Waals surface area contributed by atoms with Crippen molar-refractivity contribution in [3.63, 3.8) is 0 Å². The van der Waals surface area contributed by atoms with E-state index in [0.29, 0.717) is 0 Å². The van der Waals surface area contributed by atoms with Gasteiger partial charge in [-0.25, -0.2) is 14.3 Å². The van der Waals surface area contributed by atoms with E-state index in [4.69, 9.17) is 4.74 Å². The fourth-order valence-corrected chi connectivity index (χ4v) is 2.93. The molecule has 1 N–H and O–H groups in total. The lowest BCUT2D eigenvalue weighted by Gasteiger charge is -2.31. The van der Waals surface area contributed by atoms with Gasteiger partial charge >= 0.3 is 11.9 Å². The molecule has 2 aromatic rings. The van der Waals surface area contributed by atoms with E-state index in [1.165, 1.54) is 18.2 Å². The molecule has 0 saturated heterocycles. The van der Waals surface area contributed by atoms with Gasteiger partial charge in [0.15, 0.2) is 0 Å². The van der Waals surface area contributed by atoms with Gasteiger partial charge in [0.1, 0.15) is 5.70 Å². The van der Waals surface area contributed by atoms with Gasteiger partial charge in [0.25, 0.3) is 11.1 Å². The fraction of sp³-hybridized carbons (Fsp3) is 0.222. The highest BCUT2D eigenvalue weighted by Crippen LogP contribution is 2.27. The Balaban J connectivity index is 2.19. The van der Waals surface area contributed by atoms with Crippen LogP contribution in [-0.2, 0) is 19.1 Å². The second-order valence-electron chi connectivity index (χ2n) is 5.92. The number of nitrogens with one attached hydrogen (secondary N) is 1. The molecule has 1 aliphatic heterocycles. The number of ether oxygens (including phenoxy) is 2. The van der Waals surface area contributed by atoms with Crippen molar-refractivity contribution < 1.29 is 19.1 Å². The quantitative estimate of drug-likeness (QED) is 0.581. The van der Waals surface area contributed by atoms with Crippen molar-refractivity contribution in [1.82, 2.24) is 19.6 Å². The van der Waals surface area contributed by atoms with E-state index in [2.05, 4.69) is 9.84 Å². The molecule has 0 spiro atoms. The number of carbonyl (C=O) groups is 2.